The number of ether oxygens (including phenoxy) is 1. The summed E-state index contributed by atoms with van der Waals surface area (Å²) in [4.78, 5) is 13.4. The van der Waals surface area contributed by atoms with Crippen LogP contribution in [0.15, 0.2) is 30.3 Å². The normalized spacial score (nSPS) is 23.2. The number of nitrogens with zero attached hydrogens (tertiary/aromatic N) is 1. The second-order valence-corrected chi connectivity index (χ2v) is 4.78. The lowest BCUT2D eigenvalue weighted by Crippen LogP contribution is -2.47. The van der Waals surface area contributed by atoms with Gasteiger partial charge in [-0.15, -0.1) is 0 Å². The molecule has 1 saturated heterocycles. The lowest BCUT2D eigenvalue weighted by atomic mass is 9.96. The Balaban J connectivity index is 1.83. The number of piperidine rings is 1. The Kier molecular flexibility index (Phi) is 4.76. The summed E-state index contributed by atoms with van der Waals surface area (Å²) in [6.07, 6.45) is -0.455. The molecule has 0 aliphatic carbocycles. The molecule has 0 radical (unpaired) electrons. The van der Waals surface area contributed by atoms with Crippen LogP contribution in [0.2, 0.25) is 0 Å². The van der Waals surface area contributed by atoms with Gasteiger partial charge in [0, 0.05) is 19.0 Å². The number of hydrogen-bond donors (Lipinski definition) is 2. The van der Waals surface area contributed by atoms with Crippen LogP contribution in [0.3, 0.4) is 0 Å². The van der Waals surface area contributed by atoms with Gasteiger partial charge < -0.3 is 19.8 Å². The molecule has 1 aliphatic heterocycles. The molecular formula is C14H19NO4. The van der Waals surface area contributed by atoms with E-state index in [2.05, 4.69) is 0 Å². The van der Waals surface area contributed by atoms with E-state index in [1.807, 2.05) is 30.3 Å². The Labute approximate surface area is 112 Å². The van der Waals surface area contributed by atoms with Crippen molar-refractivity contribution >= 4 is 6.09 Å². The van der Waals surface area contributed by atoms with E-state index in [1.54, 1.807) is 0 Å². The highest BCUT2D eigenvalue weighted by Crippen LogP contribution is 2.17. The SMILES string of the molecule is O=C(OCc1ccccc1)N1CC[C@H](O)[C@H](CO)C1. The Hall–Kier alpha value is -1.59. The molecule has 1 fully saturated rings. The van der Waals surface area contributed by atoms with Crippen LogP contribution in [0.25, 0.3) is 0 Å². The van der Waals surface area contributed by atoms with Crippen molar-refractivity contribution in [1.82, 2.24) is 4.90 Å². The molecule has 104 valence electrons. The number of carbonyl (C=O) groups excluding carboxylic acids is 1. The molecule has 1 amide bonds. The van der Waals surface area contributed by atoms with Crippen molar-refractivity contribution in [3.63, 3.8) is 0 Å². The van der Waals surface area contributed by atoms with Gasteiger partial charge in [-0.25, -0.2) is 4.79 Å². The van der Waals surface area contributed by atoms with Gasteiger partial charge in [-0.3, -0.25) is 0 Å². The zero-order chi connectivity index (χ0) is 13.7. The van der Waals surface area contributed by atoms with Gasteiger partial charge in [0.25, 0.3) is 0 Å². The van der Waals surface area contributed by atoms with Crippen LogP contribution in [0.1, 0.15) is 12.0 Å². The topological polar surface area (TPSA) is 70.0 Å². The summed E-state index contributed by atoms with van der Waals surface area (Å²) < 4.78 is 5.22. The summed E-state index contributed by atoms with van der Waals surface area (Å²) >= 11 is 0. The first-order valence-corrected chi connectivity index (χ1v) is 6.45. The number of carbonyl (C=O) groups is 1. The van der Waals surface area contributed by atoms with Crippen molar-refractivity contribution < 1.29 is 19.7 Å². The van der Waals surface area contributed by atoms with E-state index in [-0.39, 0.29) is 19.1 Å². The predicted molar refractivity (Wildman–Crippen MR) is 69.4 cm³/mol. The van der Waals surface area contributed by atoms with Crippen molar-refractivity contribution in [2.75, 3.05) is 19.7 Å². The third-order valence-electron chi connectivity index (χ3n) is 3.39. The van der Waals surface area contributed by atoms with Crippen LogP contribution < -0.4 is 0 Å². The zero-order valence-corrected chi connectivity index (χ0v) is 10.7. The minimum atomic E-state index is -0.539. The fourth-order valence-corrected chi connectivity index (χ4v) is 2.18. The van der Waals surface area contributed by atoms with Gasteiger partial charge in [-0.05, 0) is 12.0 Å². The number of aliphatic hydroxyl groups excluding tert-OH is 2. The van der Waals surface area contributed by atoms with Crippen LogP contribution in [0.4, 0.5) is 4.79 Å². The molecule has 0 bridgehead atoms. The molecule has 2 N–H and O–H groups in total. The van der Waals surface area contributed by atoms with Gasteiger partial charge in [0.2, 0.25) is 0 Å². The van der Waals surface area contributed by atoms with Gasteiger partial charge in [-0.1, -0.05) is 30.3 Å². The molecular weight excluding hydrogens is 246 g/mol. The Morgan fingerprint density at radius 1 is 1.37 bits per heavy atom. The first-order chi connectivity index (χ1) is 9.20. The lowest BCUT2D eigenvalue weighted by Gasteiger charge is -2.34. The van der Waals surface area contributed by atoms with Gasteiger partial charge in [-0.2, -0.15) is 0 Å². The minimum absolute atomic E-state index is 0.121. The molecule has 2 rings (SSSR count). The average Bonchev–Trinajstić information content (AvgIpc) is 2.46. The summed E-state index contributed by atoms with van der Waals surface area (Å²) in [6.45, 7) is 0.919. The van der Waals surface area contributed by atoms with Crippen molar-refractivity contribution in [3.8, 4) is 0 Å². The van der Waals surface area contributed by atoms with Crippen molar-refractivity contribution in [1.29, 1.82) is 0 Å². The third-order valence-corrected chi connectivity index (χ3v) is 3.39. The standard InChI is InChI=1S/C14H19NO4/c16-9-12-8-15(7-6-13(12)17)14(18)19-10-11-4-2-1-3-5-11/h1-5,12-13,16-17H,6-10H2/t12-,13-/m0/s1. The zero-order valence-electron chi connectivity index (χ0n) is 10.7. The average molecular weight is 265 g/mol. The molecule has 2 atom stereocenters. The highest BCUT2D eigenvalue weighted by Gasteiger charge is 2.30. The van der Waals surface area contributed by atoms with Gasteiger partial charge in [0.05, 0.1) is 12.7 Å². The molecule has 19 heavy (non-hydrogen) atoms. The van der Waals surface area contributed by atoms with E-state index in [0.717, 1.165) is 5.56 Å². The molecule has 1 aromatic carbocycles. The summed E-state index contributed by atoms with van der Waals surface area (Å²) in [7, 11) is 0. The molecule has 5 heteroatoms. The van der Waals surface area contributed by atoms with Crippen LogP contribution >= 0.6 is 0 Å². The molecule has 0 saturated carbocycles. The number of hydrogen-bond acceptors (Lipinski definition) is 4. The van der Waals surface area contributed by atoms with Gasteiger partial charge in [0.1, 0.15) is 6.61 Å². The molecule has 0 aromatic heterocycles. The molecule has 1 aromatic rings. The number of rotatable bonds is 3. The summed E-state index contributed by atoms with van der Waals surface area (Å²) in [5, 5.41) is 18.8. The first-order valence-electron chi connectivity index (χ1n) is 6.45. The number of likely N-dealkylation sites (tertiary alicyclic amines) is 1. The fraction of sp³-hybridized carbons (Fsp3) is 0.500. The van der Waals surface area contributed by atoms with Crippen molar-refractivity contribution in [2.24, 2.45) is 5.92 Å². The van der Waals surface area contributed by atoms with E-state index >= 15 is 0 Å². The quantitative estimate of drug-likeness (QED) is 0.855. The van der Waals surface area contributed by atoms with Crippen molar-refractivity contribution in [3.05, 3.63) is 35.9 Å². The molecule has 0 unspecified atom stereocenters. The molecule has 5 nitrogen and oxygen atoms in total. The minimum Gasteiger partial charge on any atom is -0.445 e. The maximum absolute atomic E-state index is 11.9. The second-order valence-electron chi connectivity index (χ2n) is 4.78. The number of aliphatic hydroxyl groups is 2. The molecule has 1 heterocycles. The second kappa shape index (κ2) is 6.54. The highest BCUT2D eigenvalue weighted by molar-refractivity contribution is 5.67. The van der Waals surface area contributed by atoms with Crippen LogP contribution in [-0.2, 0) is 11.3 Å². The third kappa shape index (κ3) is 3.68. The Morgan fingerprint density at radius 3 is 2.79 bits per heavy atom. The number of amides is 1. The van der Waals surface area contributed by atoms with E-state index in [4.69, 9.17) is 9.84 Å². The summed E-state index contributed by atoms with van der Waals surface area (Å²) in [5.41, 5.74) is 0.937. The van der Waals surface area contributed by atoms with E-state index in [1.165, 1.54) is 4.90 Å². The molecule has 0 spiro atoms. The first kappa shape index (κ1) is 13.8. The van der Waals surface area contributed by atoms with Crippen molar-refractivity contribution in [2.45, 2.75) is 19.1 Å². The summed E-state index contributed by atoms with van der Waals surface area (Å²) in [5.74, 6) is -0.280. The smallest absolute Gasteiger partial charge is 0.410 e. The van der Waals surface area contributed by atoms with E-state index < -0.39 is 12.2 Å². The van der Waals surface area contributed by atoms with Gasteiger partial charge in [0.15, 0.2) is 0 Å². The van der Waals surface area contributed by atoms with E-state index in [0.29, 0.717) is 19.5 Å². The molecule has 1 aliphatic rings. The van der Waals surface area contributed by atoms with Crippen LogP contribution in [-0.4, -0.2) is 47.0 Å². The lowest BCUT2D eigenvalue weighted by molar-refractivity contribution is -0.00221. The maximum Gasteiger partial charge on any atom is 0.410 e. The fourth-order valence-electron chi connectivity index (χ4n) is 2.18. The largest absolute Gasteiger partial charge is 0.445 e. The monoisotopic (exact) mass is 265 g/mol. The predicted octanol–water partition coefficient (Wildman–Crippen LogP) is 0.998. The highest BCUT2D eigenvalue weighted by atomic mass is 16.6. The summed E-state index contributed by atoms with van der Waals surface area (Å²) in [6, 6.07) is 9.47. The number of benzene rings is 1. The van der Waals surface area contributed by atoms with E-state index in [9.17, 15) is 9.90 Å². The Bertz CT molecular complexity index is 409. The Morgan fingerprint density at radius 2 is 2.11 bits per heavy atom. The van der Waals surface area contributed by atoms with Crippen LogP contribution in [0.5, 0.6) is 0 Å². The van der Waals surface area contributed by atoms with Gasteiger partial charge >= 0.3 is 6.09 Å². The van der Waals surface area contributed by atoms with Crippen LogP contribution in [0, 0.1) is 5.92 Å². The maximum atomic E-state index is 11.9.